The number of hydrogen-bond acceptors (Lipinski definition) is 2. The Morgan fingerprint density at radius 2 is 1.56 bits per heavy atom. The molecule has 90 valence electrons. The average Bonchev–Trinajstić information content (AvgIpc) is 2.27. The largest absolute Gasteiger partial charge is 0.493 e. The van der Waals surface area contributed by atoms with E-state index >= 15 is 0 Å². The molecule has 2 nitrogen and oxygen atoms in total. The van der Waals surface area contributed by atoms with Crippen LogP contribution >= 0.6 is 0 Å². The van der Waals surface area contributed by atoms with Crippen LogP contribution in [0.3, 0.4) is 0 Å². The Labute approximate surface area is 98.6 Å². The molecule has 0 aromatic heterocycles. The quantitative estimate of drug-likeness (QED) is 0.774. The third kappa shape index (κ3) is 2.31. The van der Waals surface area contributed by atoms with Crippen molar-refractivity contribution in [3.63, 3.8) is 0 Å². The topological polar surface area (TPSA) is 18.5 Å². The van der Waals surface area contributed by atoms with Crippen LogP contribution in [-0.2, 0) is 5.41 Å². The van der Waals surface area contributed by atoms with E-state index in [2.05, 4.69) is 39.8 Å². The van der Waals surface area contributed by atoms with E-state index in [0.717, 1.165) is 11.5 Å². The summed E-state index contributed by atoms with van der Waals surface area (Å²) < 4.78 is 10.6. The second-order valence-corrected chi connectivity index (χ2v) is 4.95. The summed E-state index contributed by atoms with van der Waals surface area (Å²) in [6.45, 7) is 8.96. The molecule has 1 aromatic rings. The molecular formula is C14H22O2. The van der Waals surface area contributed by atoms with Crippen LogP contribution in [-0.4, -0.2) is 14.2 Å². The standard InChI is InChI=1S/C14H22O2/c1-10(2)14(3,4)11-7-8-12(15-5)13(9-11)16-6/h7-10H,1-6H3. The number of benzene rings is 1. The maximum atomic E-state index is 5.33. The minimum atomic E-state index is 0.138. The Morgan fingerprint density at radius 1 is 1.00 bits per heavy atom. The minimum absolute atomic E-state index is 0.138. The molecule has 0 amide bonds. The lowest BCUT2D eigenvalue weighted by atomic mass is 9.75. The van der Waals surface area contributed by atoms with Crippen LogP contribution in [0.15, 0.2) is 18.2 Å². The lowest BCUT2D eigenvalue weighted by molar-refractivity contribution is 0.345. The van der Waals surface area contributed by atoms with E-state index in [1.165, 1.54) is 5.56 Å². The lowest BCUT2D eigenvalue weighted by Gasteiger charge is -2.30. The molecule has 0 heterocycles. The minimum Gasteiger partial charge on any atom is -0.493 e. The zero-order valence-electron chi connectivity index (χ0n) is 11.1. The number of methoxy groups -OCH3 is 2. The van der Waals surface area contributed by atoms with E-state index in [-0.39, 0.29) is 5.41 Å². The number of rotatable bonds is 4. The van der Waals surface area contributed by atoms with Gasteiger partial charge in [0.2, 0.25) is 0 Å². The van der Waals surface area contributed by atoms with Gasteiger partial charge in [0.05, 0.1) is 14.2 Å². The first-order valence-corrected chi connectivity index (χ1v) is 5.66. The number of ether oxygens (including phenoxy) is 2. The molecule has 0 aliphatic carbocycles. The van der Waals surface area contributed by atoms with Gasteiger partial charge in [-0.2, -0.15) is 0 Å². The highest BCUT2D eigenvalue weighted by molar-refractivity contribution is 5.45. The average molecular weight is 222 g/mol. The van der Waals surface area contributed by atoms with E-state index in [1.54, 1.807) is 14.2 Å². The zero-order chi connectivity index (χ0) is 12.3. The van der Waals surface area contributed by atoms with E-state index in [1.807, 2.05) is 6.07 Å². The van der Waals surface area contributed by atoms with Crippen molar-refractivity contribution < 1.29 is 9.47 Å². The lowest BCUT2D eigenvalue weighted by Crippen LogP contribution is -2.24. The summed E-state index contributed by atoms with van der Waals surface area (Å²) >= 11 is 0. The molecule has 16 heavy (non-hydrogen) atoms. The summed E-state index contributed by atoms with van der Waals surface area (Å²) in [6.07, 6.45) is 0. The van der Waals surface area contributed by atoms with Gasteiger partial charge in [-0.1, -0.05) is 33.8 Å². The van der Waals surface area contributed by atoms with E-state index in [9.17, 15) is 0 Å². The summed E-state index contributed by atoms with van der Waals surface area (Å²) in [6, 6.07) is 6.15. The third-order valence-electron chi connectivity index (χ3n) is 3.57. The van der Waals surface area contributed by atoms with Gasteiger partial charge in [0.25, 0.3) is 0 Å². The van der Waals surface area contributed by atoms with Crippen molar-refractivity contribution >= 4 is 0 Å². The normalized spacial score (nSPS) is 11.7. The van der Waals surface area contributed by atoms with Crippen molar-refractivity contribution in [3.8, 4) is 11.5 Å². The maximum Gasteiger partial charge on any atom is 0.161 e. The van der Waals surface area contributed by atoms with Crippen LogP contribution in [0.4, 0.5) is 0 Å². The predicted octanol–water partition coefficient (Wildman–Crippen LogP) is 3.64. The van der Waals surface area contributed by atoms with Crippen molar-refractivity contribution in [2.75, 3.05) is 14.2 Å². The molecule has 0 N–H and O–H groups in total. The Balaban J connectivity index is 3.17. The van der Waals surface area contributed by atoms with Crippen LogP contribution in [0.1, 0.15) is 33.3 Å². The molecule has 0 saturated heterocycles. The van der Waals surface area contributed by atoms with Crippen LogP contribution in [0.25, 0.3) is 0 Å². The Bertz CT molecular complexity index is 354. The van der Waals surface area contributed by atoms with Gasteiger partial charge >= 0.3 is 0 Å². The molecule has 0 saturated carbocycles. The molecule has 0 spiro atoms. The molecule has 0 aliphatic rings. The van der Waals surface area contributed by atoms with Crippen LogP contribution < -0.4 is 9.47 Å². The Morgan fingerprint density at radius 3 is 2.00 bits per heavy atom. The highest BCUT2D eigenvalue weighted by Crippen LogP contribution is 2.36. The molecule has 0 aliphatic heterocycles. The molecule has 0 radical (unpaired) electrons. The van der Waals surface area contributed by atoms with Crippen LogP contribution in [0, 0.1) is 5.92 Å². The molecular weight excluding hydrogens is 200 g/mol. The predicted molar refractivity (Wildman–Crippen MR) is 67.4 cm³/mol. The van der Waals surface area contributed by atoms with Crippen molar-refractivity contribution in [2.24, 2.45) is 5.92 Å². The highest BCUT2D eigenvalue weighted by Gasteiger charge is 2.25. The molecule has 1 aromatic carbocycles. The summed E-state index contributed by atoms with van der Waals surface area (Å²) in [5.41, 5.74) is 1.42. The number of hydrogen-bond donors (Lipinski definition) is 0. The monoisotopic (exact) mass is 222 g/mol. The van der Waals surface area contributed by atoms with E-state index < -0.39 is 0 Å². The first kappa shape index (κ1) is 12.9. The van der Waals surface area contributed by atoms with Gasteiger partial charge in [-0.3, -0.25) is 0 Å². The fourth-order valence-electron chi connectivity index (χ4n) is 1.57. The fraction of sp³-hybridized carbons (Fsp3) is 0.571. The van der Waals surface area contributed by atoms with Crippen LogP contribution in [0.5, 0.6) is 11.5 Å². The van der Waals surface area contributed by atoms with Gasteiger partial charge in [-0.05, 0) is 29.0 Å². The maximum absolute atomic E-state index is 5.33. The third-order valence-corrected chi connectivity index (χ3v) is 3.57. The zero-order valence-corrected chi connectivity index (χ0v) is 11.1. The van der Waals surface area contributed by atoms with Crippen molar-refractivity contribution in [3.05, 3.63) is 23.8 Å². The van der Waals surface area contributed by atoms with Crippen molar-refractivity contribution in [1.82, 2.24) is 0 Å². The van der Waals surface area contributed by atoms with Crippen LogP contribution in [0.2, 0.25) is 0 Å². The second kappa shape index (κ2) is 4.77. The molecule has 0 bridgehead atoms. The second-order valence-electron chi connectivity index (χ2n) is 4.95. The summed E-state index contributed by atoms with van der Waals surface area (Å²) in [7, 11) is 3.33. The fourth-order valence-corrected chi connectivity index (χ4v) is 1.57. The van der Waals surface area contributed by atoms with Gasteiger partial charge < -0.3 is 9.47 Å². The summed E-state index contributed by atoms with van der Waals surface area (Å²) in [4.78, 5) is 0. The first-order chi connectivity index (χ1) is 7.43. The highest BCUT2D eigenvalue weighted by atomic mass is 16.5. The van der Waals surface area contributed by atoms with Gasteiger partial charge in [-0.15, -0.1) is 0 Å². The van der Waals surface area contributed by atoms with Crippen molar-refractivity contribution in [2.45, 2.75) is 33.1 Å². The Kier molecular flexibility index (Phi) is 3.84. The molecule has 1 rings (SSSR count). The molecule has 0 atom stereocenters. The smallest absolute Gasteiger partial charge is 0.161 e. The Hall–Kier alpha value is -1.18. The van der Waals surface area contributed by atoms with Gasteiger partial charge in [0.1, 0.15) is 0 Å². The molecule has 0 fully saturated rings. The first-order valence-electron chi connectivity index (χ1n) is 5.66. The molecule has 2 heteroatoms. The van der Waals surface area contributed by atoms with Gasteiger partial charge in [0.15, 0.2) is 11.5 Å². The van der Waals surface area contributed by atoms with Gasteiger partial charge in [-0.25, -0.2) is 0 Å². The van der Waals surface area contributed by atoms with Gasteiger partial charge in [0, 0.05) is 0 Å². The van der Waals surface area contributed by atoms with Crippen molar-refractivity contribution in [1.29, 1.82) is 0 Å². The summed E-state index contributed by atoms with van der Waals surface area (Å²) in [5.74, 6) is 2.16. The van der Waals surface area contributed by atoms with E-state index in [0.29, 0.717) is 5.92 Å². The SMILES string of the molecule is COc1ccc(C(C)(C)C(C)C)cc1OC. The summed E-state index contributed by atoms with van der Waals surface area (Å²) in [5, 5.41) is 0. The molecule has 0 unspecified atom stereocenters. The van der Waals surface area contributed by atoms with E-state index in [4.69, 9.17) is 9.47 Å².